The predicted molar refractivity (Wildman–Crippen MR) is 177 cm³/mol. The van der Waals surface area contributed by atoms with E-state index in [1.807, 2.05) is 12.1 Å². The van der Waals surface area contributed by atoms with Gasteiger partial charge in [0.2, 0.25) is 0 Å². The monoisotopic (exact) mass is 550 g/mol. The maximum absolute atomic E-state index is 5.09. The summed E-state index contributed by atoms with van der Waals surface area (Å²) < 4.78 is 7.07. The number of imidazole rings is 2. The fourth-order valence-electron chi connectivity index (χ4n) is 6.61. The van der Waals surface area contributed by atoms with Crippen LogP contribution in [0.25, 0.3) is 72.5 Å². The van der Waals surface area contributed by atoms with Crippen LogP contribution < -0.4 is 0 Å². The highest BCUT2D eigenvalue weighted by Crippen LogP contribution is 2.41. The lowest BCUT2D eigenvalue weighted by atomic mass is 10.0. The van der Waals surface area contributed by atoms with Crippen LogP contribution in [0.15, 0.2) is 158 Å². The van der Waals surface area contributed by atoms with Crippen molar-refractivity contribution >= 4 is 38.6 Å². The molecule has 43 heavy (non-hydrogen) atoms. The van der Waals surface area contributed by atoms with Gasteiger partial charge in [-0.25, -0.2) is 4.98 Å². The van der Waals surface area contributed by atoms with Gasteiger partial charge in [-0.15, -0.1) is 0 Å². The van der Waals surface area contributed by atoms with Crippen LogP contribution in [0.4, 0.5) is 0 Å². The average Bonchev–Trinajstić information content (AvgIpc) is 3.73. The number of hydrogen-bond donors (Lipinski definition) is 0. The van der Waals surface area contributed by atoms with Crippen molar-refractivity contribution in [3.05, 3.63) is 158 Å². The highest BCUT2D eigenvalue weighted by atomic mass is 15.1. The Hall–Kier alpha value is -5.87. The lowest BCUT2D eigenvalue weighted by Gasteiger charge is -2.12. The summed E-state index contributed by atoms with van der Waals surface area (Å²) in [6.45, 7) is 0. The molecule has 4 nitrogen and oxygen atoms in total. The molecule has 3 heterocycles. The Kier molecular flexibility index (Phi) is 5.16. The largest absolute Gasteiger partial charge is 0.293 e. The summed E-state index contributed by atoms with van der Waals surface area (Å²) in [7, 11) is 0. The van der Waals surface area contributed by atoms with E-state index in [4.69, 9.17) is 4.98 Å². The van der Waals surface area contributed by atoms with E-state index in [1.54, 1.807) is 0 Å². The summed E-state index contributed by atoms with van der Waals surface area (Å²) in [5.74, 6) is 0.930. The normalized spacial score (nSPS) is 11.7. The Balaban J connectivity index is 1.30. The minimum absolute atomic E-state index is 0.930. The molecule has 0 saturated heterocycles. The summed E-state index contributed by atoms with van der Waals surface area (Å²) in [4.78, 5) is 5.09. The summed E-state index contributed by atoms with van der Waals surface area (Å²) in [5, 5.41) is 1.25. The third kappa shape index (κ3) is 3.53. The summed E-state index contributed by atoms with van der Waals surface area (Å²) >= 11 is 0. The molecular weight excluding hydrogens is 524 g/mol. The Morgan fingerprint density at radius 1 is 0.395 bits per heavy atom. The number of nitrogens with zero attached hydrogens (tertiary/aromatic N) is 4. The van der Waals surface area contributed by atoms with Crippen molar-refractivity contribution in [1.82, 2.24) is 18.5 Å². The van der Waals surface area contributed by atoms with Gasteiger partial charge in [-0.2, -0.15) is 0 Å². The van der Waals surface area contributed by atoms with E-state index in [9.17, 15) is 0 Å². The first-order chi connectivity index (χ1) is 21.4. The molecule has 0 aliphatic rings. The van der Waals surface area contributed by atoms with Gasteiger partial charge in [0, 0.05) is 27.9 Å². The molecule has 3 aromatic heterocycles. The number of hydrogen-bond acceptors (Lipinski definition) is 1. The zero-order valence-corrected chi connectivity index (χ0v) is 23.3. The molecule has 0 unspecified atom stereocenters. The summed E-state index contributed by atoms with van der Waals surface area (Å²) in [6.07, 6.45) is 0. The van der Waals surface area contributed by atoms with Crippen molar-refractivity contribution in [2.24, 2.45) is 0 Å². The zero-order valence-electron chi connectivity index (χ0n) is 23.3. The third-order valence-electron chi connectivity index (χ3n) is 8.45. The van der Waals surface area contributed by atoms with Crippen molar-refractivity contribution in [2.45, 2.75) is 0 Å². The van der Waals surface area contributed by atoms with Gasteiger partial charge in [0.15, 0.2) is 0 Å². The second-order valence-electron chi connectivity index (χ2n) is 10.9. The van der Waals surface area contributed by atoms with Crippen molar-refractivity contribution in [3.63, 3.8) is 0 Å². The van der Waals surface area contributed by atoms with E-state index < -0.39 is 0 Å². The molecule has 0 aliphatic carbocycles. The number of para-hydroxylation sites is 6. The second kappa shape index (κ2) is 9.33. The van der Waals surface area contributed by atoms with E-state index in [0.29, 0.717) is 0 Å². The lowest BCUT2D eigenvalue weighted by Crippen LogP contribution is -1.98. The summed E-state index contributed by atoms with van der Waals surface area (Å²) in [6, 6.07) is 55.8. The van der Waals surface area contributed by atoms with Crippen LogP contribution in [-0.4, -0.2) is 18.5 Å². The van der Waals surface area contributed by atoms with Crippen LogP contribution in [0, 0.1) is 0 Å². The standard InChI is InChI=1S/C39H26N4/c1-3-13-27(14-4-1)37-31-17-7-9-19-33(31)43-36-22-12-11-21-35(36)42(39(37)43)30-25-23-28(24-26-30)38-40-32-18-8-10-20-34(32)41(38)29-15-5-2-6-16-29/h1-26H. The maximum atomic E-state index is 5.09. The Morgan fingerprint density at radius 2 is 0.977 bits per heavy atom. The van der Waals surface area contributed by atoms with Crippen molar-refractivity contribution in [2.75, 3.05) is 0 Å². The molecule has 0 radical (unpaired) electrons. The van der Waals surface area contributed by atoms with E-state index in [0.717, 1.165) is 39.4 Å². The van der Waals surface area contributed by atoms with Crippen LogP contribution in [0.5, 0.6) is 0 Å². The number of rotatable bonds is 4. The highest BCUT2D eigenvalue weighted by molar-refractivity contribution is 6.09. The first-order valence-electron chi connectivity index (χ1n) is 14.6. The first-order valence-corrected chi connectivity index (χ1v) is 14.6. The van der Waals surface area contributed by atoms with Crippen LogP contribution >= 0.6 is 0 Å². The topological polar surface area (TPSA) is 27.2 Å². The molecule has 0 spiro atoms. The predicted octanol–water partition coefficient (Wildman–Crippen LogP) is 9.71. The molecule has 0 amide bonds. The van der Waals surface area contributed by atoms with E-state index in [1.165, 1.54) is 33.1 Å². The molecule has 0 saturated carbocycles. The van der Waals surface area contributed by atoms with Crippen LogP contribution in [0.3, 0.4) is 0 Å². The van der Waals surface area contributed by atoms with Crippen molar-refractivity contribution < 1.29 is 0 Å². The van der Waals surface area contributed by atoms with Crippen LogP contribution in [-0.2, 0) is 0 Å². The Bertz CT molecular complexity index is 2430. The molecule has 0 N–H and O–H groups in total. The minimum atomic E-state index is 0.930. The molecule has 6 aromatic carbocycles. The molecular formula is C39H26N4. The molecule has 0 aliphatic heterocycles. The smallest absolute Gasteiger partial charge is 0.145 e. The van der Waals surface area contributed by atoms with Crippen molar-refractivity contribution in [3.8, 4) is 33.9 Å². The summed E-state index contributed by atoms with van der Waals surface area (Å²) in [5.41, 5.74) is 12.5. The van der Waals surface area contributed by atoms with Gasteiger partial charge in [-0.05, 0) is 72.3 Å². The fraction of sp³-hybridized carbons (Fsp3) is 0. The van der Waals surface area contributed by atoms with Crippen LogP contribution in [0.2, 0.25) is 0 Å². The molecule has 0 fully saturated rings. The molecule has 9 aromatic rings. The second-order valence-corrected chi connectivity index (χ2v) is 10.9. The van der Waals surface area contributed by atoms with E-state index in [-0.39, 0.29) is 0 Å². The highest BCUT2D eigenvalue weighted by Gasteiger charge is 2.22. The van der Waals surface area contributed by atoms with Crippen LogP contribution in [0.1, 0.15) is 0 Å². The quantitative estimate of drug-likeness (QED) is 0.214. The molecule has 4 heteroatoms. The molecule has 0 bridgehead atoms. The third-order valence-corrected chi connectivity index (χ3v) is 8.45. The number of fused-ring (bicyclic) bond motifs is 6. The SMILES string of the molecule is c1ccc(-c2c3ccccc3n3c4ccccc4n(-c4ccc(-c5nc6ccccc6n5-c5ccccc5)cc4)c23)cc1. The zero-order chi connectivity index (χ0) is 28.3. The van der Waals surface area contributed by atoms with Gasteiger partial charge < -0.3 is 0 Å². The molecule has 202 valence electrons. The number of aromatic nitrogens is 4. The number of benzene rings is 6. The van der Waals surface area contributed by atoms with Gasteiger partial charge in [0.05, 0.1) is 27.6 Å². The minimum Gasteiger partial charge on any atom is -0.293 e. The first kappa shape index (κ1) is 23.8. The average molecular weight is 551 g/mol. The van der Waals surface area contributed by atoms with Gasteiger partial charge in [-0.3, -0.25) is 13.5 Å². The molecule has 9 rings (SSSR count). The maximum Gasteiger partial charge on any atom is 0.145 e. The van der Waals surface area contributed by atoms with Gasteiger partial charge in [0.25, 0.3) is 0 Å². The Morgan fingerprint density at radius 3 is 1.74 bits per heavy atom. The van der Waals surface area contributed by atoms with Gasteiger partial charge in [0.1, 0.15) is 11.5 Å². The fourth-order valence-corrected chi connectivity index (χ4v) is 6.61. The lowest BCUT2D eigenvalue weighted by molar-refractivity contribution is 1.10. The van der Waals surface area contributed by atoms with Gasteiger partial charge in [-0.1, -0.05) is 91.0 Å². The Labute approximate surface area is 248 Å². The van der Waals surface area contributed by atoms with Gasteiger partial charge >= 0.3 is 0 Å². The molecule has 0 atom stereocenters. The van der Waals surface area contributed by atoms with E-state index >= 15 is 0 Å². The van der Waals surface area contributed by atoms with E-state index in [2.05, 4.69) is 159 Å². The van der Waals surface area contributed by atoms with Crippen molar-refractivity contribution in [1.29, 1.82) is 0 Å².